The molecule has 0 spiro atoms. The molecular weight excluding hydrogens is 351 g/mol. The van der Waals surface area contributed by atoms with Gasteiger partial charge in [-0.25, -0.2) is 9.37 Å². The van der Waals surface area contributed by atoms with E-state index in [9.17, 15) is 9.18 Å². The summed E-state index contributed by atoms with van der Waals surface area (Å²) in [5.74, 6) is -1.15. The molecule has 0 bridgehead atoms. The molecule has 0 radical (unpaired) electrons. The molecule has 3 aromatic rings. The Morgan fingerprint density at radius 1 is 1.25 bits per heavy atom. The van der Waals surface area contributed by atoms with E-state index in [-0.39, 0.29) is 12.2 Å². The van der Waals surface area contributed by atoms with Crippen molar-refractivity contribution in [2.45, 2.75) is 6.61 Å². The molecular formula is C17H12ClFN2O2S. The summed E-state index contributed by atoms with van der Waals surface area (Å²) in [7, 11) is 0. The molecule has 1 amide bonds. The third kappa shape index (κ3) is 3.72. The summed E-state index contributed by atoms with van der Waals surface area (Å²) in [6.45, 7) is 0.210. The zero-order valence-electron chi connectivity index (χ0n) is 12.3. The van der Waals surface area contributed by atoms with Crippen LogP contribution in [0.15, 0.2) is 47.8 Å². The lowest BCUT2D eigenvalue weighted by molar-refractivity contribution is 0.0996. The van der Waals surface area contributed by atoms with Crippen LogP contribution in [-0.2, 0) is 6.61 Å². The van der Waals surface area contributed by atoms with Crippen molar-refractivity contribution < 1.29 is 13.9 Å². The fourth-order valence-electron chi connectivity index (χ4n) is 2.06. The minimum absolute atomic E-state index is 0.200. The lowest BCUT2D eigenvalue weighted by atomic mass is 10.2. The second-order valence-electron chi connectivity index (χ2n) is 4.93. The molecule has 0 aliphatic carbocycles. The Bertz CT molecular complexity index is 881. The van der Waals surface area contributed by atoms with Crippen LogP contribution < -0.4 is 10.5 Å². The van der Waals surface area contributed by atoms with Gasteiger partial charge in [0.05, 0.1) is 11.3 Å². The number of primary amides is 1. The first-order valence-corrected chi connectivity index (χ1v) is 8.21. The number of benzene rings is 2. The number of amides is 1. The summed E-state index contributed by atoms with van der Waals surface area (Å²) in [4.78, 5) is 15.6. The maximum absolute atomic E-state index is 13.4. The van der Waals surface area contributed by atoms with Gasteiger partial charge in [-0.1, -0.05) is 23.7 Å². The summed E-state index contributed by atoms with van der Waals surface area (Å²) >= 11 is 7.32. The number of halogens is 2. The van der Waals surface area contributed by atoms with Crippen LogP contribution in [0.4, 0.5) is 4.39 Å². The van der Waals surface area contributed by atoms with Crippen molar-refractivity contribution in [3.63, 3.8) is 0 Å². The van der Waals surface area contributed by atoms with Crippen LogP contribution in [0, 0.1) is 5.82 Å². The molecule has 1 heterocycles. The van der Waals surface area contributed by atoms with E-state index in [1.807, 2.05) is 17.5 Å². The third-order valence-electron chi connectivity index (χ3n) is 3.26. The summed E-state index contributed by atoms with van der Waals surface area (Å²) in [6.07, 6.45) is 0. The van der Waals surface area contributed by atoms with Crippen molar-refractivity contribution in [1.29, 1.82) is 0 Å². The zero-order chi connectivity index (χ0) is 17.1. The third-order valence-corrected chi connectivity index (χ3v) is 4.33. The van der Waals surface area contributed by atoms with Gasteiger partial charge < -0.3 is 10.5 Å². The van der Waals surface area contributed by atoms with E-state index in [0.29, 0.717) is 10.8 Å². The summed E-state index contributed by atoms with van der Waals surface area (Å²) in [5, 5.41) is 3.34. The van der Waals surface area contributed by atoms with Gasteiger partial charge in [0.25, 0.3) is 5.91 Å². The van der Waals surface area contributed by atoms with Gasteiger partial charge in [0.15, 0.2) is 0 Å². The molecule has 0 unspecified atom stereocenters. The van der Waals surface area contributed by atoms with Gasteiger partial charge in [-0.15, -0.1) is 11.3 Å². The van der Waals surface area contributed by atoms with Crippen molar-refractivity contribution in [2.75, 3.05) is 0 Å². The molecule has 0 fully saturated rings. The van der Waals surface area contributed by atoms with E-state index in [1.54, 1.807) is 12.1 Å². The summed E-state index contributed by atoms with van der Waals surface area (Å²) in [5.41, 5.74) is 6.70. The van der Waals surface area contributed by atoms with E-state index in [0.717, 1.165) is 22.3 Å². The predicted molar refractivity (Wildman–Crippen MR) is 91.8 cm³/mol. The van der Waals surface area contributed by atoms with Gasteiger partial charge in [0.2, 0.25) is 0 Å². The maximum Gasteiger partial charge on any atom is 0.251 e. The number of nitrogens with zero attached hydrogens (tertiary/aromatic N) is 1. The first kappa shape index (κ1) is 16.4. The van der Waals surface area contributed by atoms with Crippen molar-refractivity contribution in [2.24, 2.45) is 5.73 Å². The van der Waals surface area contributed by atoms with E-state index in [2.05, 4.69) is 4.98 Å². The maximum atomic E-state index is 13.4. The van der Waals surface area contributed by atoms with E-state index < -0.39 is 11.7 Å². The number of carbonyl (C=O) groups is 1. The van der Waals surface area contributed by atoms with Crippen molar-refractivity contribution >= 4 is 28.8 Å². The van der Waals surface area contributed by atoms with Crippen LogP contribution in [0.2, 0.25) is 5.02 Å². The lowest BCUT2D eigenvalue weighted by Gasteiger charge is -2.06. The molecule has 24 heavy (non-hydrogen) atoms. The topological polar surface area (TPSA) is 65.2 Å². The highest BCUT2D eigenvalue weighted by Crippen LogP contribution is 2.25. The fraction of sp³-hybridized carbons (Fsp3) is 0.0588. The zero-order valence-corrected chi connectivity index (χ0v) is 13.9. The Morgan fingerprint density at radius 2 is 2.00 bits per heavy atom. The molecule has 0 atom stereocenters. The van der Waals surface area contributed by atoms with E-state index in [1.165, 1.54) is 23.5 Å². The highest BCUT2D eigenvalue weighted by Gasteiger charge is 2.10. The molecule has 2 N–H and O–H groups in total. The number of nitrogens with two attached hydrogens (primary N) is 1. The quantitative estimate of drug-likeness (QED) is 0.736. The molecule has 4 nitrogen and oxygen atoms in total. The van der Waals surface area contributed by atoms with Crippen LogP contribution in [0.3, 0.4) is 0 Å². The Morgan fingerprint density at radius 3 is 2.71 bits per heavy atom. The number of ether oxygens (including phenoxy) is 1. The molecule has 0 aliphatic heterocycles. The SMILES string of the molecule is NC(=O)c1cc(OCc2nc(-c3ccc(Cl)cc3)cs2)ccc1F. The average Bonchev–Trinajstić information content (AvgIpc) is 3.03. The van der Waals surface area contributed by atoms with Crippen molar-refractivity contribution in [3.8, 4) is 17.0 Å². The number of thiazole rings is 1. The van der Waals surface area contributed by atoms with Crippen molar-refractivity contribution in [1.82, 2.24) is 4.98 Å². The van der Waals surface area contributed by atoms with Crippen LogP contribution in [0.25, 0.3) is 11.3 Å². The minimum Gasteiger partial charge on any atom is -0.486 e. The molecule has 0 saturated heterocycles. The normalized spacial score (nSPS) is 10.6. The minimum atomic E-state index is -0.836. The molecule has 3 rings (SSSR count). The summed E-state index contributed by atoms with van der Waals surface area (Å²) < 4.78 is 19.0. The van der Waals surface area contributed by atoms with Crippen molar-refractivity contribution in [3.05, 3.63) is 69.3 Å². The van der Waals surface area contributed by atoms with Crippen LogP contribution in [0.1, 0.15) is 15.4 Å². The number of hydrogen-bond donors (Lipinski definition) is 1. The molecule has 0 saturated carbocycles. The van der Waals surface area contributed by atoms with Crippen LogP contribution >= 0.6 is 22.9 Å². The monoisotopic (exact) mass is 362 g/mol. The summed E-state index contributed by atoms with van der Waals surface area (Å²) in [6, 6.07) is 11.3. The van der Waals surface area contributed by atoms with Gasteiger partial charge in [-0.3, -0.25) is 4.79 Å². The second-order valence-corrected chi connectivity index (χ2v) is 6.31. The fourth-order valence-corrected chi connectivity index (χ4v) is 2.90. The molecule has 0 aliphatic rings. The Labute approximate surface area is 146 Å². The first-order valence-electron chi connectivity index (χ1n) is 6.95. The Kier molecular flexibility index (Phi) is 4.78. The largest absolute Gasteiger partial charge is 0.486 e. The predicted octanol–water partition coefficient (Wildman–Crippen LogP) is 4.28. The number of rotatable bonds is 5. The Balaban J connectivity index is 1.71. The highest BCUT2D eigenvalue weighted by atomic mass is 35.5. The highest BCUT2D eigenvalue weighted by molar-refractivity contribution is 7.09. The molecule has 1 aromatic heterocycles. The van der Waals surface area contributed by atoms with Gasteiger partial charge in [-0.2, -0.15) is 0 Å². The molecule has 7 heteroatoms. The smallest absolute Gasteiger partial charge is 0.251 e. The van der Waals surface area contributed by atoms with Gasteiger partial charge in [-0.05, 0) is 30.3 Å². The van der Waals surface area contributed by atoms with E-state index >= 15 is 0 Å². The van der Waals surface area contributed by atoms with E-state index in [4.69, 9.17) is 22.1 Å². The number of hydrogen-bond acceptors (Lipinski definition) is 4. The first-order chi connectivity index (χ1) is 11.5. The standard InChI is InChI=1S/C17H12ClFN2O2S/c18-11-3-1-10(2-4-11)15-9-24-16(21-15)8-23-12-5-6-14(19)13(7-12)17(20)22/h1-7,9H,8H2,(H2,20,22). The number of aromatic nitrogens is 1. The van der Waals surface area contributed by atoms with Gasteiger partial charge in [0, 0.05) is 16.0 Å². The lowest BCUT2D eigenvalue weighted by Crippen LogP contribution is -2.13. The molecule has 122 valence electrons. The molecule has 2 aromatic carbocycles. The van der Waals surface area contributed by atoms with Crippen LogP contribution in [-0.4, -0.2) is 10.9 Å². The van der Waals surface area contributed by atoms with Gasteiger partial charge in [0.1, 0.15) is 23.2 Å². The number of carbonyl (C=O) groups excluding carboxylic acids is 1. The Hall–Kier alpha value is -2.44. The second kappa shape index (κ2) is 6.98. The van der Waals surface area contributed by atoms with Gasteiger partial charge >= 0.3 is 0 Å². The van der Waals surface area contributed by atoms with Crippen LogP contribution in [0.5, 0.6) is 5.75 Å². The average molecular weight is 363 g/mol.